The van der Waals surface area contributed by atoms with E-state index in [1.54, 1.807) is 6.92 Å². The van der Waals surface area contributed by atoms with Crippen LogP contribution in [0.2, 0.25) is 0 Å². The fraction of sp³-hybridized carbons (Fsp3) is 0.943. The third-order valence-corrected chi connectivity index (χ3v) is 8.19. The molecule has 0 aliphatic rings. The van der Waals surface area contributed by atoms with Gasteiger partial charge in [-0.1, -0.05) is 124 Å². The molecule has 0 aromatic rings. The Morgan fingerprint density at radius 1 is 0.561 bits per heavy atom. The van der Waals surface area contributed by atoms with Gasteiger partial charge in [-0.25, -0.2) is 4.79 Å². The minimum Gasteiger partial charge on any atom is -0.461 e. The Morgan fingerprint density at radius 2 is 1.00 bits per heavy atom. The van der Waals surface area contributed by atoms with Crippen LogP contribution in [0, 0.1) is 5.41 Å². The predicted octanol–water partition coefficient (Wildman–Crippen LogP) is 10.7. The molecule has 4 atom stereocenters. The van der Waals surface area contributed by atoms with E-state index in [9.17, 15) is 9.59 Å². The Bertz CT molecular complexity index is 653. The number of hydrogen-bond donors (Lipinski definition) is 0. The van der Waals surface area contributed by atoms with Crippen LogP contribution < -0.4 is 0 Å². The predicted molar refractivity (Wildman–Crippen MR) is 170 cm³/mol. The summed E-state index contributed by atoms with van der Waals surface area (Å²) in [6.07, 6.45) is 19.7. The Labute approximate surface area is 254 Å². The van der Waals surface area contributed by atoms with Crippen LogP contribution in [0.25, 0.3) is 0 Å². The van der Waals surface area contributed by atoms with E-state index in [1.165, 1.54) is 57.8 Å². The summed E-state index contributed by atoms with van der Waals surface area (Å²) in [6, 6.07) is 0. The van der Waals surface area contributed by atoms with Crippen molar-refractivity contribution in [2.45, 2.75) is 195 Å². The summed E-state index contributed by atoms with van der Waals surface area (Å²) in [5, 5.41) is 0. The van der Waals surface area contributed by atoms with Gasteiger partial charge in [-0.2, -0.15) is 0 Å². The van der Waals surface area contributed by atoms with Gasteiger partial charge in [0.05, 0.1) is 17.1 Å². The first-order chi connectivity index (χ1) is 19.6. The van der Waals surface area contributed by atoms with Crippen LogP contribution in [0.3, 0.4) is 0 Å². The van der Waals surface area contributed by atoms with Crippen LogP contribution in [-0.4, -0.2) is 43.1 Å². The molecular weight excluding hydrogens is 516 g/mol. The van der Waals surface area contributed by atoms with Gasteiger partial charge < -0.3 is 18.9 Å². The first kappa shape index (κ1) is 39.7. The third kappa shape index (κ3) is 20.3. The number of esters is 1. The molecule has 0 spiro atoms. The molecular formula is C35H68O6. The maximum atomic E-state index is 13.0. The molecule has 6 nitrogen and oxygen atoms in total. The molecule has 0 fully saturated rings. The highest BCUT2D eigenvalue weighted by Gasteiger charge is 2.34. The number of rotatable bonds is 27. The molecule has 0 bridgehead atoms. The summed E-state index contributed by atoms with van der Waals surface area (Å²) in [6.45, 7) is 16.9. The highest BCUT2D eigenvalue weighted by molar-refractivity contribution is 5.76. The monoisotopic (exact) mass is 585 g/mol. The summed E-state index contributed by atoms with van der Waals surface area (Å²) >= 11 is 0. The molecule has 0 saturated carbocycles. The fourth-order valence-corrected chi connectivity index (χ4v) is 5.41. The van der Waals surface area contributed by atoms with Gasteiger partial charge in [0, 0.05) is 0 Å². The topological polar surface area (TPSA) is 71.1 Å². The molecule has 41 heavy (non-hydrogen) atoms. The molecule has 0 radical (unpaired) electrons. The number of hydrogen-bond acceptors (Lipinski definition) is 6. The van der Waals surface area contributed by atoms with E-state index in [2.05, 4.69) is 34.6 Å². The third-order valence-electron chi connectivity index (χ3n) is 8.19. The van der Waals surface area contributed by atoms with Crippen LogP contribution in [0.1, 0.15) is 177 Å². The first-order valence-corrected chi connectivity index (χ1v) is 17.2. The normalized spacial score (nSPS) is 15.9. The second kappa shape index (κ2) is 24.2. The largest absolute Gasteiger partial charge is 0.508 e. The van der Waals surface area contributed by atoms with Gasteiger partial charge >= 0.3 is 12.1 Å². The molecule has 0 aromatic heterocycles. The summed E-state index contributed by atoms with van der Waals surface area (Å²) < 4.78 is 22.9. The Morgan fingerprint density at radius 3 is 1.56 bits per heavy atom. The van der Waals surface area contributed by atoms with Gasteiger partial charge in [0.2, 0.25) is 0 Å². The highest BCUT2D eigenvalue weighted by atomic mass is 16.7. The smallest absolute Gasteiger partial charge is 0.461 e. The molecule has 0 N–H and O–H groups in total. The molecule has 0 aliphatic carbocycles. The van der Waals surface area contributed by atoms with Crippen LogP contribution in [-0.2, 0) is 23.7 Å². The molecule has 0 rings (SSSR count). The Kier molecular flexibility index (Phi) is 23.4. The molecule has 0 saturated heterocycles. The SMILES string of the molecule is CCCCCCCC(C)(CCCCC)OC(C)COC(=O)OC(C)COC(=O)C(C)(CCCC)CCCCCCC. The van der Waals surface area contributed by atoms with Crippen LogP contribution >= 0.6 is 0 Å². The Hall–Kier alpha value is -1.30. The van der Waals surface area contributed by atoms with Gasteiger partial charge in [-0.05, 0) is 53.4 Å². The second-order valence-corrected chi connectivity index (χ2v) is 12.9. The second-order valence-electron chi connectivity index (χ2n) is 12.9. The van der Waals surface area contributed by atoms with Gasteiger partial charge in [0.15, 0.2) is 0 Å². The van der Waals surface area contributed by atoms with Gasteiger partial charge in [0.25, 0.3) is 0 Å². The quantitative estimate of drug-likeness (QED) is 0.0706. The van der Waals surface area contributed by atoms with Crippen molar-refractivity contribution in [3.8, 4) is 0 Å². The average molecular weight is 585 g/mol. The van der Waals surface area contributed by atoms with Gasteiger partial charge in [-0.15, -0.1) is 0 Å². The summed E-state index contributed by atoms with van der Waals surface area (Å²) in [7, 11) is 0. The maximum absolute atomic E-state index is 13.0. The minimum absolute atomic E-state index is 0.0328. The van der Waals surface area contributed by atoms with Crippen molar-refractivity contribution in [1.29, 1.82) is 0 Å². The van der Waals surface area contributed by atoms with Gasteiger partial charge in [-0.3, -0.25) is 4.79 Å². The lowest BCUT2D eigenvalue weighted by molar-refractivity contribution is -0.159. The van der Waals surface area contributed by atoms with E-state index in [0.29, 0.717) is 0 Å². The van der Waals surface area contributed by atoms with E-state index in [0.717, 1.165) is 64.2 Å². The molecule has 4 unspecified atom stereocenters. The van der Waals surface area contributed by atoms with Gasteiger partial charge in [0.1, 0.15) is 19.3 Å². The summed E-state index contributed by atoms with van der Waals surface area (Å²) in [4.78, 5) is 25.4. The summed E-state index contributed by atoms with van der Waals surface area (Å²) in [5.41, 5.74) is -0.703. The number of carbonyl (C=O) groups is 2. The maximum Gasteiger partial charge on any atom is 0.508 e. The van der Waals surface area contributed by atoms with E-state index >= 15 is 0 Å². The number of unbranched alkanes of at least 4 members (excludes halogenated alkanes) is 11. The van der Waals surface area contributed by atoms with Crippen molar-refractivity contribution < 1.29 is 28.5 Å². The number of carbonyl (C=O) groups excluding carboxylic acids is 2. The average Bonchev–Trinajstić information content (AvgIpc) is 2.93. The lowest BCUT2D eigenvalue weighted by Crippen LogP contribution is -2.36. The molecule has 0 heterocycles. The van der Waals surface area contributed by atoms with Crippen LogP contribution in [0.5, 0.6) is 0 Å². The molecule has 0 amide bonds. The zero-order valence-electron chi connectivity index (χ0n) is 28.5. The van der Waals surface area contributed by atoms with E-state index in [1.807, 2.05) is 13.8 Å². The van der Waals surface area contributed by atoms with Crippen molar-refractivity contribution >= 4 is 12.1 Å². The van der Waals surface area contributed by atoms with Crippen molar-refractivity contribution in [3.63, 3.8) is 0 Å². The molecule has 0 aromatic carbocycles. The van der Waals surface area contributed by atoms with Crippen molar-refractivity contribution in [2.75, 3.05) is 13.2 Å². The van der Waals surface area contributed by atoms with Crippen molar-refractivity contribution in [1.82, 2.24) is 0 Å². The number of ether oxygens (including phenoxy) is 4. The van der Waals surface area contributed by atoms with E-state index in [4.69, 9.17) is 18.9 Å². The lowest BCUT2D eigenvalue weighted by atomic mass is 9.80. The molecule has 244 valence electrons. The Balaban J connectivity index is 4.65. The van der Waals surface area contributed by atoms with E-state index < -0.39 is 17.7 Å². The highest BCUT2D eigenvalue weighted by Crippen LogP contribution is 2.33. The zero-order valence-corrected chi connectivity index (χ0v) is 28.5. The lowest BCUT2D eigenvalue weighted by Gasteiger charge is -2.33. The fourth-order valence-electron chi connectivity index (χ4n) is 5.41. The van der Waals surface area contributed by atoms with Crippen molar-refractivity contribution in [2.24, 2.45) is 5.41 Å². The van der Waals surface area contributed by atoms with Crippen LogP contribution in [0.4, 0.5) is 4.79 Å². The minimum atomic E-state index is -0.749. The molecule has 6 heteroatoms. The molecule has 0 aliphatic heterocycles. The summed E-state index contributed by atoms with van der Waals surface area (Å²) in [5.74, 6) is -0.190. The first-order valence-electron chi connectivity index (χ1n) is 17.2. The van der Waals surface area contributed by atoms with Crippen LogP contribution in [0.15, 0.2) is 0 Å². The standard InChI is InChI=1S/C35H68O6/c1-9-13-17-19-22-25-34(7,24-16-12-4)32(36)38-28-30(5)40-33(37)39-29-31(6)41-35(8,26-21-15-11-3)27-23-20-18-14-10-2/h30-31H,9-29H2,1-8H3. The van der Waals surface area contributed by atoms with E-state index in [-0.39, 0.29) is 30.9 Å². The zero-order chi connectivity index (χ0) is 31.0. The van der Waals surface area contributed by atoms with Crippen molar-refractivity contribution in [3.05, 3.63) is 0 Å².